The van der Waals surface area contributed by atoms with Crippen molar-refractivity contribution in [1.82, 2.24) is 4.72 Å². The summed E-state index contributed by atoms with van der Waals surface area (Å²) in [6.45, 7) is 9.61. The van der Waals surface area contributed by atoms with Crippen molar-refractivity contribution >= 4 is 15.7 Å². The standard InChI is InChI=1S/C14H23FN2O2S/c1-13(2,3)9-14(4,5)17-20(18,19)12-8-10(16)6-7-11(12)15/h6-8,17H,9,16H2,1-5H3. The number of nitrogen functional groups attached to an aromatic ring is 1. The highest BCUT2D eigenvalue weighted by molar-refractivity contribution is 7.89. The number of nitrogens with two attached hydrogens (primary N) is 1. The van der Waals surface area contributed by atoms with Gasteiger partial charge in [0.2, 0.25) is 10.0 Å². The molecule has 1 rings (SSSR count). The molecular formula is C14H23FN2O2S. The number of rotatable bonds is 4. The number of nitrogens with one attached hydrogen (secondary N) is 1. The quantitative estimate of drug-likeness (QED) is 0.840. The van der Waals surface area contributed by atoms with Gasteiger partial charge in [0.15, 0.2) is 0 Å². The number of hydrogen-bond donors (Lipinski definition) is 2. The van der Waals surface area contributed by atoms with Crippen molar-refractivity contribution in [3.8, 4) is 0 Å². The van der Waals surface area contributed by atoms with E-state index in [9.17, 15) is 12.8 Å². The fraction of sp³-hybridized carbons (Fsp3) is 0.571. The first kappa shape index (κ1) is 16.9. The Kier molecular flexibility index (Phi) is 4.51. The van der Waals surface area contributed by atoms with Crippen LogP contribution in [0.15, 0.2) is 23.1 Å². The highest BCUT2D eigenvalue weighted by Crippen LogP contribution is 2.28. The van der Waals surface area contributed by atoms with Gasteiger partial charge in [-0.25, -0.2) is 17.5 Å². The van der Waals surface area contributed by atoms with Crippen molar-refractivity contribution in [2.75, 3.05) is 5.73 Å². The van der Waals surface area contributed by atoms with Crippen molar-refractivity contribution in [3.63, 3.8) is 0 Å². The third-order valence-electron chi connectivity index (χ3n) is 2.63. The molecule has 0 amide bonds. The van der Waals surface area contributed by atoms with Crippen LogP contribution in [0.4, 0.5) is 10.1 Å². The second kappa shape index (κ2) is 5.33. The van der Waals surface area contributed by atoms with Crippen LogP contribution < -0.4 is 10.5 Å². The Labute approximate surface area is 120 Å². The Hall–Kier alpha value is -1.14. The average molecular weight is 302 g/mol. The van der Waals surface area contributed by atoms with E-state index in [4.69, 9.17) is 5.73 Å². The van der Waals surface area contributed by atoms with E-state index in [1.165, 1.54) is 6.07 Å². The smallest absolute Gasteiger partial charge is 0.244 e. The highest BCUT2D eigenvalue weighted by Gasteiger charge is 2.31. The van der Waals surface area contributed by atoms with Crippen molar-refractivity contribution < 1.29 is 12.8 Å². The van der Waals surface area contributed by atoms with Crippen LogP contribution in [-0.4, -0.2) is 14.0 Å². The highest BCUT2D eigenvalue weighted by atomic mass is 32.2. The average Bonchev–Trinajstić information content (AvgIpc) is 2.15. The molecule has 4 nitrogen and oxygen atoms in total. The van der Waals surface area contributed by atoms with E-state index in [2.05, 4.69) is 4.72 Å². The molecule has 0 heterocycles. The second-order valence-electron chi connectivity index (χ2n) is 6.92. The molecule has 3 N–H and O–H groups in total. The summed E-state index contributed by atoms with van der Waals surface area (Å²) in [5.41, 5.74) is 5.00. The van der Waals surface area contributed by atoms with E-state index in [1.54, 1.807) is 13.8 Å². The molecule has 0 aliphatic rings. The number of anilines is 1. The lowest BCUT2D eigenvalue weighted by Crippen LogP contribution is -2.45. The minimum Gasteiger partial charge on any atom is -0.399 e. The van der Waals surface area contributed by atoms with Crippen molar-refractivity contribution in [2.45, 2.75) is 51.5 Å². The molecule has 1 aromatic carbocycles. The van der Waals surface area contributed by atoms with Gasteiger partial charge in [0.25, 0.3) is 0 Å². The molecule has 6 heteroatoms. The minimum atomic E-state index is -3.95. The van der Waals surface area contributed by atoms with Gasteiger partial charge in [0, 0.05) is 11.2 Å². The fourth-order valence-corrected chi connectivity index (χ4v) is 4.03. The summed E-state index contributed by atoms with van der Waals surface area (Å²) in [5, 5.41) is 0. The van der Waals surface area contributed by atoms with Crippen LogP contribution >= 0.6 is 0 Å². The third-order valence-corrected chi connectivity index (χ3v) is 4.34. The predicted octanol–water partition coefficient (Wildman–Crippen LogP) is 2.90. The van der Waals surface area contributed by atoms with E-state index in [1.807, 2.05) is 20.8 Å². The Bertz CT molecular complexity index is 590. The molecule has 1 aromatic rings. The van der Waals surface area contributed by atoms with Gasteiger partial charge < -0.3 is 5.73 Å². The van der Waals surface area contributed by atoms with Gasteiger partial charge in [0.05, 0.1) is 0 Å². The first-order valence-electron chi connectivity index (χ1n) is 6.41. The number of halogens is 1. The lowest BCUT2D eigenvalue weighted by Gasteiger charge is -2.33. The minimum absolute atomic E-state index is 0.0553. The molecule has 0 aliphatic heterocycles. The van der Waals surface area contributed by atoms with E-state index in [0.29, 0.717) is 6.42 Å². The molecule has 0 spiro atoms. The van der Waals surface area contributed by atoms with Gasteiger partial charge in [-0.1, -0.05) is 20.8 Å². The molecule has 0 aromatic heterocycles. The molecule has 114 valence electrons. The zero-order chi connectivity index (χ0) is 15.8. The van der Waals surface area contributed by atoms with Gasteiger partial charge in [-0.3, -0.25) is 0 Å². The second-order valence-corrected chi connectivity index (χ2v) is 8.57. The Morgan fingerprint density at radius 3 is 2.25 bits per heavy atom. The number of sulfonamides is 1. The van der Waals surface area contributed by atoms with Crippen LogP contribution in [0, 0.1) is 11.2 Å². The maximum atomic E-state index is 13.7. The molecule has 0 fully saturated rings. The first-order chi connectivity index (χ1) is 8.82. The summed E-state index contributed by atoms with van der Waals surface area (Å²) in [5.74, 6) is -0.807. The van der Waals surface area contributed by atoms with Crippen molar-refractivity contribution in [2.24, 2.45) is 5.41 Å². The summed E-state index contributed by atoms with van der Waals surface area (Å²) in [7, 11) is -3.95. The van der Waals surface area contributed by atoms with E-state index < -0.39 is 26.3 Å². The fourth-order valence-electron chi connectivity index (χ4n) is 2.51. The monoisotopic (exact) mass is 302 g/mol. The first-order valence-corrected chi connectivity index (χ1v) is 7.90. The van der Waals surface area contributed by atoms with Crippen LogP contribution in [0.5, 0.6) is 0 Å². The molecule has 0 atom stereocenters. The summed E-state index contributed by atoms with van der Waals surface area (Å²) in [4.78, 5) is -0.417. The van der Waals surface area contributed by atoms with Crippen LogP contribution in [0.3, 0.4) is 0 Å². The number of benzene rings is 1. The van der Waals surface area contributed by atoms with Crippen LogP contribution in [0.1, 0.15) is 41.0 Å². The SMILES string of the molecule is CC(C)(C)CC(C)(C)NS(=O)(=O)c1cc(N)ccc1F. The van der Waals surface area contributed by atoms with Gasteiger partial charge >= 0.3 is 0 Å². The largest absolute Gasteiger partial charge is 0.399 e. The van der Waals surface area contributed by atoms with Gasteiger partial charge in [0.1, 0.15) is 10.7 Å². The molecule has 20 heavy (non-hydrogen) atoms. The van der Waals surface area contributed by atoms with E-state index in [0.717, 1.165) is 12.1 Å². The number of hydrogen-bond acceptors (Lipinski definition) is 3. The summed E-state index contributed by atoms with van der Waals surface area (Å²) >= 11 is 0. The van der Waals surface area contributed by atoms with E-state index in [-0.39, 0.29) is 11.1 Å². The lowest BCUT2D eigenvalue weighted by molar-refractivity contribution is 0.269. The summed E-state index contributed by atoms with van der Waals surface area (Å²) < 4.78 is 40.9. The summed E-state index contributed by atoms with van der Waals surface area (Å²) in [6.07, 6.45) is 0.614. The Morgan fingerprint density at radius 2 is 1.75 bits per heavy atom. The lowest BCUT2D eigenvalue weighted by atomic mass is 9.82. The molecule has 0 bridgehead atoms. The predicted molar refractivity (Wildman–Crippen MR) is 79.3 cm³/mol. The zero-order valence-corrected chi connectivity index (χ0v) is 13.4. The van der Waals surface area contributed by atoms with Gasteiger partial charge in [-0.05, 0) is 43.9 Å². The molecular weight excluding hydrogens is 279 g/mol. The van der Waals surface area contributed by atoms with Crippen LogP contribution in [0.2, 0.25) is 0 Å². The molecule has 0 aliphatic carbocycles. The molecule has 0 saturated heterocycles. The van der Waals surface area contributed by atoms with Crippen molar-refractivity contribution in [1.29, 1.82) is 0 Å². The maximum Gasteiger partial charge on any atom is 0.244 e. The van der Waals surface area contributed by atoms with Gasteiger partial charge in [-0.15, -0.1) is 0 Å². The summed E-state index contributed by atoms with van der Waals surface area (Å²) in [6, 6.07) is 3.51. The van der Waals surface area contributed by atoms with Crippen LogP contribution in [0.25, 0.3) is 0 Å². The molecule has 0 radical (unpaired) electrons. The molecule has 0 unspecified atom stereocenters. The third kappa shape index (κ3) is 4.76. The Balaban J connectivity index is 3.09. The maximum absolute atomic E-state index is 13.7. The van der Waals surface area contributed by atoms with E-state index >= 15 is 0 Å². The van der Waals surface area contributed by atoms with Crippen molar-refractivity contribution in [3.05, 3.63) is 24.0 Å². The molecule has 0 saturated carbocycles. The zero-order valence-electron chi connectivity index (χ0n) is 12.6. The normalized spacial score (nSPS) is 13.5. The van der Waals surface area contributed by atoms with Crippen LogP contribution in [-0.2, 0) is 10.0 Å². The van der Waals surface area contributed by atoms with Gasteiger partial charge in [-0.2, -0.15) is 0 Å². The topological polar surface area (TPSA) is 72.2 Å². The Morgan fingerprint density at radius 1 is 1.20 bits per heavy atom.